The van der Waals surface area contributed by atoms with Crippen LogP contribution < -0.4 is 5.32 Å². The van der Waals surface area contributed by atoms with Crippen LogP contribution >= 0.6 is 0 Å². The molecule has 1 unspecified atom stereocenters. The van der Waals surface area contributed by atoms with Gasteiger partial charge in [-0.2, -0.15) is 4.98 Å². The maximum atomic E-state index is 5.03. The summed E-state index contributed by atoms with van der Waals surface area (Å²) >= 11 is 0. The lowest BCUT2D eigenvalue weighted by molar-refractivity contribution is 0.369. The van der Waals surface area contributed by atoms with Crippen molar-refractivity contribution in [3.8, 4) is 0 Å². The zero-order chi connectivity index (χ0) is 10.5. The van der Waals surface area contributed by atoms with E-state index in [9.17, 15) is 0 Å². The third-order valence-electron chi connectivity index (χ3n) is 2.57. The van der Waals surface area contributed by atoms with E-state index in [1.165, 1.54) is 19.3 Å². The van der Waals surface area contributed by atoms with Crippen LogP contribution in [0.4, 0.5) is 0 Å². The lowest BCUT2D eigenvalue weighted by atomic mass is 10.0. The number of hydrogen-bond acceptors (Lipinski definition) is 4. The molecule has 0 saturated carbocycles. The molecule has 1 aromatic heterocycles. The van der Waals surface area contributed by atoms with Crippen LogP contribution in [0.3, 0.4) is 0 Å². The summed E-state index contributed by atoms with van der Waals surface area (Å²) in [7, 11) is 0. The second kappa shape index (κ2) is 5.07. The number of nitrogens with zero attached hydrogens (tertiary/aromatic N) is 2. The highest BCUT2D eigenvalue weighted by Crippen LogP contribution is 2.09. The Bertz CT molecular complexity index is 332. The summed E-state index contributed by atoms with van der Waals surface area (Å²) in [4.78, 5) is 4.16. The van der Waals surface area contributed by atoms with Crippen molar-refractivity contribution in [3.05, 3.63) is 23.9 Å². The minimum absolute atomic E-state index is 0.530. The molecule has 82 valence electrons. The fraction of sp³-hybridized carbons (Fsp3) is 0.636. The van der Waals surface area contributed by atoms with Crippen molar-refractivity contribution in [1.29, 1.82) is 0 Å². The van der Waals surface area contributed by atoms with Crippen LogP contribution in [0.2, 0.25) is 0 Å². The average molecular weight is 207 g/mol. The number of rotatable bonds is 4. The molecule has 0 radical (unpaired) electrons. The Labute approximate surface area is 89.8 Å². The van der Waals surface area contributed by atoms with E-state index in [1.807, 2.05) is 6.92 Å². The van der Waals surface area contributed by atoms with Crippen LogP contribution in [-0.4, -0.2) is 22.7 Å². The monoisotopic (exact) mass is 207 g/mol. The summed E-state index contributed by atoms with van der Waals surface area (Å²) in [6.45, 7) is 2.74. The van der Waals surface area contributed by atoms with E-state index in [1.54, 1.807) is 0 Å². The predicted molar refractivity (Wildman–Crippen MR) is 57.5 cm³/mol. The van der Waals surface area contributed by atoms with Crippen molar-refractivity contribution in [2.45, 2.75) is 38.6 Å². The van der Waals surface area contributed by atoms with Crippen molar-refractivity contribution >= 4 is 0 Å². The van der Waals surface area contributed by atoms with E-state index >= 15 is 0 Å². The summed E-state index contributed by atoms with van der Waals surface area (Å²) in [6.07, 6.45) is 9.06. The first kappa shape index (κ1) is 10.4. The Morgan fingerprint density at radius 2 is 2.53 bits per heavy atom. The van der Waals surface area contributed by atoms with E-state index in [0.29, 0.717) is 11.9 Å². The molecular formula is C11H17N3O. The first-order valence-corrected chi connectivity index (χ1v) is 5.54. The largest absolute Gasteiger partial charge is 0.339 e. The fourth-order valence-electron chi connectivity index (χ4n) is 1.79. The molecule has 0 bridgehead atoms. The zero-order valence-electron chi connectivity index (χ0n) is 9.07. The van der Waals surface area contributed by atoms with Crippen LogP contribution in [0.1, 0.15) is 31.0 Å². The molecular weight excluding hydrogens is 190 g/mol. The van der Waals surface area contributed by atoms with E-state index in [0.717, 1.165) is 18.9 Å². The van der Waals surface area contributed by atoms with Gasteiger partial charge in [-0.25, -0.2) is 0 Å². The van der Waals surface area contributed by atoms with Crippen LogP contribution in [0.15, 0.2) is 16.7 Å². The van der Waals surface area contributed by atoms with E-state index in [2.05, 4.69) is 27.6 Å². The van der Waals surface area contributed by atoms with E-state index in [4.69, 9.17) is 4.52 Å². The highest BCUT2D eigenvalue weighted by atomic mass is 16.5. The molecule has 1 aromatic rings. The Hall–Kier alpha value is -1.16. The summed E-state index contributed by atoms with van der Waals surface area (Å²) in [5, 5.41) is 7.22. The Kier molecular flexibility index (Phi) is 3.50. The van der Waals surface area contributed by atoms with Crippen molar-refractivity contribution in [3.63, 3.8) is 0 Å². The smallest absolute Gasteiger partial charge is 0.227 e. The summed E-state index contributed by atoms with van der Waals surface area (Å²) in [6, 6.07) is 0.530. The van der Waals surface area contributed by atoms with Gasteiger partial charge < -0.3 is 9.84 Å². The number of aromatic nitrogens is 2. The van der Waals surface area contributed by atoms with Gasteiger partial charge in [0.1, 0.15) is 0 Å². The van der Waals surface area contributed by atoms with Gasteiger partial charge >= 0.3 is 0 Å². The number of allylic oxidation sites excluding steroid dienone is 1. The Balaban J connectivity index is 1.70. The second-order valence-corrected chi connectivity index (χ2v) is 3.91. The number of aryl methyl sites for hydroxylation is 1. The average Bonchev–Trinajstić information content (AvgIpc) is 2.66. The first-order chi connectivity index (χ1) is 7.34. The van der Waals surface area contributed by atoms with Crippen LogP contribution in [0.5, 0.6) is 0 Å². The standard InChI is InChI=1S/C11H17N3O/c1-9-13-11(15-14-9)7-8-12-10-5-3-2-4-6-10/h3,5,10,12H,2,4,6-8H2,1H3. The van der Waals surface area contributed by atoms with Crippen LogP contribution in [0, 0.1) is 6.92 Å². The molecule has 0 aliphatic heterocycles. The van der Waals surface area contributed by atoms with E-state index < -0.39 is 0 Å². The van der Waals surface area contributed by atoms with Gasteiger partial charge in [0.05, 0.1) is 0 Å². The molecule has 4 heteroatoms. The lowest BCUT2D eigenvalue weighted by Gasteiger charge is -2.17. The van der Waals surface area contributed by atoms with Crippen LogP contribution in [0.25, 0.3) is 0 Å². The molecule has 0 amide bonds. The quantitative estimate of drug-likeness (QED) is 0.762. The van der Waals surface area contributed by atoms with Gasteiger partial charge in [-0.3, -0.25) is 0 Å². The third-order valence-corrected chi connectivity index (χ3v) is 2.57. The molecule has 0 saturated heterocycles. The molecule has 1 heterocycles. The summed E-state index contributed by atoms with van der Waals surface area (Å²) < 4.78 is 5.03. The Morgan fingerprint density at radius 1 is 1.60 bits per heavy atom. The molecule has 15 heavy (non-hydrogen) atoms. The molecule has 1 atom stereocenters. The zero-order valence-corrected chi connectivity index (χ0v) is 9.07. The maximum absolute atomic E-state index is 5.03. The minimum atomic E-state index is 0.530. The van der Waals surface area contributed by atoms with Gasteiger partial charge in [0.25, 0.3) is 0 Å². The predicted octanol–water partition coefficient (Wildman–Crippen LogP) is 1.62. The highest BCUT2D eigenvalue weighted by Gasteiger charge is 2.08. The van der Waals surface area contributed by atoms with E-state index in [-0.39, 0.29) is 0 Å². The van der Waals surface area contributed by atoms with Gasteiger partial charge in [0.15, 0.2) is 5.82 Å². The number of hydrogen-bond donors (Lipinski definition) is 1. The van der Waals surface area contributed by atoms with Crippen LogP contribution in [-0.2, 0) is 6.42 Å². The number of nitrogens with one attached hydrogen (secondary N) is 1. The minimum Gasteiger partial charge on any atom is -0.339 e. The molecule has 4 nitrogen and oxygen atoms in total. The maximum Gasteiger partial charge on any atom is 0.227 e. The summed E-state index contributed by atoms with van der Waals surface area (Å²) in [5.41, 5.74) is 0. The molecule has 1 N–H and O–H groups in total. The molecule has 1 aliphatic rings. The van der Waals surface area contributed by atoms with Gasteiger partial charge in [-0.15, -0.1) is 0 Å². The second-order valence-electron chi connectivity index (χ2n) is 3.91. The first-order valence-electron chi connectivity index (χ1n) is 5.54. The van der Waals surface area contributed by atoms with Crippen molar-refractivity contribution in [2.75, 3.05) is 6.54 Å². The lowest BCUT2D eigenvalue weighted by Crippen LogP contribution is -2.30. The van der Waals surface area contributed by atoms with Gasteiger partial charge in [-0.05, 0) is 26.2 Å². The molecule has 2 rings (SSSR count). The van der Waals surface area contributed by atoms with Gasteiger partial charge in [0, 0.05) is 19.0 Å². The molecule has 0 aromatic carbocycles. The van der Waals surface area contributed by atoms with Crippen molar-refractivity contribution in [2.24, 2.45) is 0 Å². The van der Waals surface area contributed by atoms with Gasteiger partial charge in [-0.1, -0.05) is 17.3 Å². The topological polar surface area (TPSA) is 51.0 Å². The highest BCUT2D eigenvalue weighted by molar-refractivity contribution is 4.97. The fourth-order valence-corrected chi connectivity index (χ4v) is 1.79. The molecule has 0 fully saturated rings. The normalized spacial score (nSPS) is 20.7. The van der Waals surface area contributed by atoms with Gasteiger partial charge in [0.2, 0.25) is 5.89 Å². The van der Waals surface area contributed by atoms with Crippen molar-refractivity contribution in [1.82, 2.24) is 15.5 Å². The molecule has 0 spiro atoms. The Morgan fingerprint density at radius 3 is 3.20 bits per heavy atom. The third kappa shape index (κ3) is 3.16. The SMILES string of the molecule is Cc1noc(CCNC2C=CCCC2)n1. The summed E-state index contributed by atoms with van der Waals surface area (Å²) in [5.74, 6) is 1.43. The molecule has 1 aliphatic carbocycles. The van der Waals surface area contributed by atoms with Crippen molar-refractivity contribution < 1.29 is 4.52 Å².